The fourth-order valence-electron chi connectivity index (χ4n) is 3.70. The van der Waals surface area contributed by atoms with Crippen molar-refractivity contribution < 1.29 is 14.2 Å². The highest BCUT2D eigenvalue weighted by molar-refractivity contribution is 5.45. The lowest BCUT2D eigenvalue weighted by Gasteiger charge is -2.30. The molecule has 5 unspecified atom stereocenters. The lowest BCUT2D eigenvalue weighted by atomic mass is 9.80. The molecular weight excluding hydrogens is 266 g/mol. The summed E-state index contributed by atoms with van der Waals surface area (Å²) in [5.74, 6) is 2.67. The Morgan fingerprint density at radius 1 is 1.05 bits per heavy atom. The van der Waals surface area contributed by atoms with Gasteiger partial charge in [0.2, 0.25) is 0 Å². The van der Waals surface area contributed by atoms with Crippen LogP contribution in [0.1, 0.15) is 32.4 Å². The van der Waals surface area contributed by atoms with E-state index < -0.39 is 0 Å². The van der Waals surface area contributed by atoms with Crippen molar-refractivity contribution in [3.8, 4) is 11.5 Å². The Balaban J connectivity index is 1.89. The highest BCUT2D eigenvalue weighted by Crippen LogP contribution is 2.42. The van der Waals surface area contributed by atoms with E-state index in [9.17, 15) is 0 Å². The molecule has 1 aromatic carbocycles. The second kappa shape index (κ2) is 5.85. The highest BCUT2D eigenvalue weighted by Gasteiger charge is 2.41. The van der Waals surface area contributed by atoms with Crippen molar-refractivity contribution in [2.24, 2.45) is 11.8 Å². The van der Waals surface area contributed by atoms with E-state index in [1.165, 1.54) is 5.56 Å². The van der Waals surface area contributed by atoms with Gasteiger partial charge < -0.3 is 19.5 Å². The van der Waals surface area contributed by atoms with Gasteiger partial charge in [-0.3, -0.25) is 0 Å². The average molecular weight is 291 g/mol. The molecule has 4 nitrogen and oxygen atoms in total. The minimum absolute atomic E-state index is 0.251. The normalized spacial score (nSPS) is 33.0. The molecule has 0 saturated carbocycles. The first-order valence-corrected chi connectivity index (χ1v) is 7.84. The molecule has 0 radical (unpaired) electrons. The Labute approximate surface area is 126 Å². The van der Waals surface area contributed by atoms with Gasteiger partial charge in [-0.05, 0) is 44.5 Å². The minimum atomic E-state index is 0.251. The molecule has 3 rings (SSSR count). The van der Waals surface area contributed by atoms with Crippen LogP contribution in [-0.2, 0) is 4.74 Å². The van der Waals surface area contributed by atoms with Crippen LogP contribution in [0.25, 0.3) is 0 Å². The molecular formula is C17H25NO3. The van der Waals surface area contributed by atoms with Gasteiger partial charge in [0.25, 0.3) is 0 Å². The molecule has 0 spiro atoms. The standard InChI is InChI=1S/C17H25NO3/c1-10-11(2)21-12(3)16(10)17(18-4)13-5-6-14-15(9-13)20-8-7-19-14/h5-6,9-12,16-18H,7-8H2,1-4H3. The number of fused-ring (bicyclic) bond motifs is 1. The summed E-state index contributed by atoms with van der Waals surface area (Å²) >= 11 is 0. The SMILES string of the molecule is CNC(c1ccc2c(c1)OCCO2)C1C(C)OC(C)C1C. The van der Waals surface area contributed by atoms with Crippen molar-refractivity contribution in [1.82, 2.24) is 5.32 Å². The molecule has 2 aliphatic heterocycles. The van der Waals surface area contributed by atoms with Crippen molar-refractivity contribution in [3.05, 3.63) is 23.8 Å². The summed E-state index contributed by atoms with van der Waals surface area (Å²) in [5.41, 5.74) is 1.24. The second-order valence-electron chi connectivity index (χ2n) is 6.15. The number of benzene rings is 1. The summed E-state index contributed by atoms with van der Waals surface area (Å²) in [4.78, 5) is 0. The van der Waals surface area contributed by atoms with Gasteiger partial charge in [-0.15, -0.1) is 0 Å². The largest absolute Gasteiger partial charge is 0.486 e. The Bertz CT molecular complexity index is 505. The highest BCUT2D eigenvalue weighted by atomic mass is 16.6. The molecule has 1 aromatic rings. The Hall–Kier alpha value is -1.26. The molecule has 2 heterocycles. The number of rotatable bonds is 3. The molecule has 1 saturated heterocycles. The van der Waals surface area contributed by atoms with E-state index >= 15 is 0 Å². The molecule has 4 heteroatoms. The number of nitrogens with one attached hydrogen (secondary N) is 1. The van der Waals surface area contributed by atoms with Crippen LogP contribution in [-0.4, -0.2) is 32.5 Å². The van der Waals surface area contributed by atoms with Gasteiger partial charge in [-0.1, -0.05) is 13.0 Å². The topological polar surface area (TPSA) is 39.7 Å². The molecule has 0 aliphatic carbocycles. The van der Waals surface area contributed by atoms with Gasteiger partial charge in [0.15, 0.2) is 11.5 Å². The Kier molecular flexibility index (Phi) is 4.09. The Morgan fingerprint density at radius 2 is 1.76 bits per heavy atom. The van der Waals surface area contributed by atoms with Crippen LogP contribution in [0.15, 0.2) is 18.2 Å². The molecule has 1 fully saturated rings. The molecule has 5 atom stereocenters. The van der Waals surface area contributed by atoms with Crippen LogP contribution in [0.4, 0.5) is 0 Å². The molecule has 0 amide bonds. The van der Waals surface area contributed by atoms with E-state index in [1.54, 1.807) is 0 Å². The third-order valence-corrected chi connectivity index (χ3v) is 4.94. The van der Waals surface area contributed by atoms with Crippen LogP contribution in [0, 0.1) is 11.8 Å². The van der Waals surface area contributed by atoms with Crippen molar-refractivity contribution in [2.45, 2.75) is 39.0 Å². The van der Waals surface area contributed by atoms with Gasteiger partial charge in [-0.25, -0.2) is 0 Å². The monoisotopic (exact) mass is 291 g/mol. The fraction of sp³-hybridized carbons (Fsp3) is 0.647. The smallest absolute Gasteiger partial charge is 0.161 e. The average Bonchev–Trinajstić information content (AvgIpc) is 2.74. The molecule has 116 valence electrons. The van der Waals surface area contributed by atoms with Crippen molar-refractivity contribution in [2.75, 3.05) is 20.3 Å². The lowest BCUT2D eigenvalue weighted by molar-refractivity contribution is 0.0478. The minimum Gasteiger partial charge on any atom is -0.486 e. The summed E-state index contributed by atoms with van der Waals surface area (Å²) < 4.78 is 17.3. The van der Waals surface area contributed by atoms with E-state index in [0.717, 1.165) is 11.5 Å². The van der Waals surface area contributed by atoms with Crippen LogP contribution in [0.3, 0.4) is 0 Å². The summed E-state index contributed by atoms with van der Waals surface area (Å²) in [6.07, 6.45) is 0.554. The number of hydrogen-bond acceptors (Lipinski definition) is 4. The van der Waals surface area contributed by atoms with Crippen molar-refractivity contribution in [3.63, 3.8) is 0 Å². The van der Waals surface area contributed by atoms with E-state index in [0.29, 0.717) is 31.2 Å². The molecule has 1 N–H and O–H groups in total. The third-order valence-electron chi connectivity index (χ3n) is 4.94. The fourth-order valence-corrected chi connectivity index (χ4v) is 3.70. The summed E-state index contributed by atoms with van der Waals surface area (Å²) in [6.45, 7) is 7.87. The van der Waals surface area contributed by atoms with E-state index in [-0.39, 0.29) is 12.1 Å². The second-order valence-corrected chi connectivity index (χ2v) is 6.15. The van der Waals surface area contributed by atoms with Gasteiger partial charge in [0.1, 0.15) is 13.2 Å². The zero-order valence-corrected chi connectivity index (χ0v) is 13.3. The number of hydrogen-bond donors (Lipinski definition) is 1. The molecule has 0 bridgehead atoms. The van der Waals surface area contributed by atoms with Crippen molar-refractivity contribution in [1.29, 1.82) is 0 Å². The summed E-state index contributed by atoms with van der Waals surface area (Å²) in [7, 11) is 2.02. The maximum atomic E-state index is 6.01. The van der Waals surface area contributed by atoms with E-state index in [1.807, 2.05) is 13.1 Å². The number of ether oxygens (including phenoxy) is 3. The van der Waals surface area contributed by atoms with E-state index in [4.69, 9.17) is 14.2 Å². The maximum Gasteiger partial charge on any atom is 0.161 e. The van der Waals surface area contributed by atoms with Gasteiger partial charge in [-0.2, -0.15) is 0 Å². The third kappa shape index (κ3) is 2.62. The van der Waals surface area contributed by atoms with Crippen molar-refractivity contribution >= 4 is 0 Å². The zero-order chi connectivity index (χ0) is 15.0. The van der Waals surface area contributed by atoms with Gasteiger partial charge >= 0.3 is 0 Å². The van der Waals surface area contributed by atoms with Gasteiger partial charge in [0, 0.05) is 12.0 Å². The first-order valence-electron chi connectivity index (χ1n) is 7.84. The Morgan fingerprint density at radius 3 is 2.38 bits per heavy atom. The quantitative estimate of drug-likeness (QED) is 0.929. The maximum absolute atomic E-state index is 6.01. The molecule has 0 aromatic heterocycles. The first kappa shape index (κ1) is 14.7. The van der Waals surface area contributed by atoms with Gasteiger partial charge in [0.05, 0.1) is 12.2 Å². The van der Waals surface area contributed by atoms with Crippen LogP contribution >= 0.6 is 0 Å². The lowest BCUT2D eigenvalue weighted by Crippen LogP contribution is -2.33. The zero-order valence-electron chi connectivity index (χ0n) is 13.3. The summed E-state index contributed by atoms with van der Waals surface area (Å²) in [6, 6.07) is 6.52. The summed E-state index contributed by atoms with van der Waals surface area (Å²) in [5, 5.41) is 3.47. The van der Waals surface area contributed by atoms with E-state index in [2.05, 4.69) is 38.2 Å². The molecule has 2 aliphatic rings. The molecule has 21 heavy (non-hydrogen) atoms. The van der Waals surface area contributed by atoms with Crippen LogP contribution in [0.5, 0.6) is 11.5 Å². The predicted octanol–water partition coefficient (Wildman–Crippen LogP) is 2.78. The van der Waals surface area contributed by atoms with Crippen LogP contribution in [0.2, 0.25) is 0 Å². The predicted molar refractivity (Wildman–Crippen MR) is 81.9 cm³/mol. The van der Waals surface area contributed by atoms with Crippen LogP contribution < -0.4 is 14.8 Å². The first-order chi connectivity index (χ1) is 10.1.